The molecule has 7 heteroatoms. The number of nitrogens with zero attached hydrogens (tertiary/aromatic N) is 5. The maximum absolute atomic E-state index is 5.56. The van der Waals surface area contributed by atoms with Gasteiger partial charge in [0.1, 0.15) is 0 Å². The topological polar surface area (TPSA) is 95.7 Å². The van der Waals surface area contributed by atoms with Crippen molar-refractivity contribution in [3.63, 3.8) is 0 Å². The molecule has 0 bridgehead atoms. The summed E-state index contributed by atoms with van der Waals surface area (Å²) in [5, 5.41) is 3.93. The van der Waals surface area contributed by atoms with Crippen molar-refractivity contribution in [2.24, 2.45) is 12.8 Å². The van der Waals surface area contributed by atoms with Gasteiger partial charge in [-0.1, -0.05) is 5.16 Å². The van der Waals surface area contributed by atoms with Gasteiger partial charge in [0.2, 0.25) is 5.82 Å². The largest absolute Gasteiger partial charge is 0.333 e. The monoisotopic (exact) mass is 256 g/mol. The van der Waals surface area contributed by atoms with Crippen molar-refractivity contribution in [2.45, 2.75) is 6.54 Å². The molecule has 7 nitrogen and oxygen atoms in total. The van der Waals surface area contributed by atoms with Crippen LogP contribution >= 0.6 is 0 Å². The lowest BCUT2D eigenvalue weighted by Crippen LogP contribution is -1.99. The van der Waals surface area contributed by atoms with Crippen LogP contribution in [-0.2, 0) is 13.6 Å². The Bertz CT molecular complexity index is 702. The highest BCUT2D eigenvalue weighted by Crippen LogP contribution is 2.20. The fraction of sp³-hybridized carbons (Fsp3) is 0.167. The zero-order chi connectivity index (χ0) is 13.2. The standard InChI is InChI=1S/C12H12N6O/c1-18-5-4-15-11(18)10-16-12(19-17-10)8-2-3-14-9(6-8)7-13/h2-6H,7,13H2,1H3. The smallest absolute Gasteiger partial charge is 0.258 e. The predicted molar refractivity (Wildman–Crippen MR) is 67.6 cm³/mol. The van der Waals surface area contributed by atoms with Crippen LogP contribution in [0.5, 0.6) is 0 Å². The van der Waals surface area contributed by atoms with Crippen LogP contribution in [0.4, 0.5) is 0 Å². The van der Waals surface area contributed by atoms with Gasteiger partial charge >= 0.3 is 0 Å². The van der Waals surface area contributed by atoms with Crippen LogP contribution in [-0.4, -0.2) is 24.7 Å². The van der Waals surface area contributed by atoms with E-state index in [1.165, 1.54) is 0 Å². The molecule has 0 radical (unpaired) electrons. The SMILES string of the molecule is Cn1ccnc1-c1noc(-c2ccnc(CN)c2)n1. The summed E-state index contributed by atoms with van der Waals surface area (Å²) in [5.41, 5.74) is 7.12. The van der Waals surface area contributed by atoms with Crippen molar-refractivity contribution in [3.05, 3.63) is 36.4 Å². The average Bonchev–Trinajstić information content (AvgIpc) is 3.07. The summed E-state index contributed by atoms with van der Waals surface area (Å²) < 4.78 is 7.07. The third-order valence-electron chi connectivity index (χ3n) is 2.72. The first kappa shape index (κ1) is 11.5. The molecule has 3 rings (SSSR count). The van der Waals surface area contributed by atoms with Gasteiger partial charge in [-0.05, 0) is 12.1 Å². The lowest BCUT2D eigenvalue weighted by atomic mass is 10.2. The molecule has 0 atom stereocenters. The number of nitrogens with two attached hydrogens (primary N) is 1. The molecule has 0 unspecified atom stereocenters. The fourth-order valence-electron chi connectivity index (χ4n) is 1.74. The Labute approximate surface area is 109 Å². The van der Waals surface area contributed by atoms with Gasteiger partial charge in [0, 0.05) is 37.7 Å². The number of hydrogen-bond acceptors (Lipinski definition) is 6. The second-order valence-electron chi connectivity index (χ2n) is 4.02. The minimum atomic E-state index is 0.369. The van der Waals surface area contributed by atoms with Crippen LogP contribution in [0, 0.1) is 0 Å². The normalized spacial score (nSPS) is 10.8. The molecule has 0 aliphatic carbocycles. The third kappa shape index (κ3) is 2.11. The maximum Gasteiger partial charge on any atom is 0.258 e. The molecule has 0 spiro atoms. The Hall–Kier alpha value is -2.54. The lowest BCUT2D eigenvalue weighted by Gasteiger charge is -1.97. The molecule has 0 aromatic carbocycles. The summed E-state index contributed by atoms with van der Waals surface area (Å²) >= 11 is 0. The van der Waals surface area contributed by atoms with Crippen molar-refractivity contribution in [3.8, 4) is 23.1 Å². The summed E-state index contributed by atoms with van der Waals surface area (Å²) in [6.45, 7) is 0.369. The summed E-state index contributed by atoms with van der Waals surface area (Å²) in [7, 11) is 1.87. The molecular weight excluding hydrogens is 244 g/mol. The highest BCUT2D eigenvalue weighted by Gasteiger charge is 2.14. The first-order valence-electron chi connectivity index (χ1n) is 5.74. The zero-order valence-corrected chi connectivity index (χ0v) is 10.3. The second-order valence-corrected chi connectivity index (χ2v) is 4.02. The summed E-state index contributed by atoms with van der Waals surface area (Å²) in [5.74, 6) is 1.53. The van der Waals surface area contributed by atoms with Crippen molar-refractivity contribution in [1.29, 1.82) is 0 Å². The van der Waals surface area contributed by atoms with E-state index in [0.717, 1.165) is 11.3 Å². The van der Waals surface area contributed by atoms with Gasteiger partial charge in [-0.2, -0.15) is 4.98 Å². The molecule has 3 aromatic rings. The van der Waals surface area contributed by atoms with Gasteiger partial charge in [0.05, 0.1) is 5.69 Å². The Morgan fingerprint density at radius 1 is 1.32 bits per heavy atom. The van der Waals surface area contributed by atoms with E-state index in [1.807, 2.05) is 23.9 Å². The van der Waals surface area contributed by atoms with E-state index in [2.05, 4.69) is 20.1 Å². The fourth-order valence-corrected chi connectivity index (χ4v) is 1.74. The maximum atomic E-state index is 5.56. The Kier molecular flexibility index (Phi) is 2.81. The van der Waals surface area contributed by atoms with E-state index < -0.39 is 0 Å². The molecule has 0 aliphatic rings. The number of rotatable bonds is 3. The quantitative estimate of drug-likeness (QED) is 0.750. The number of hydrogen-bond donors (Lipinski definition) is 1. The van der Waals surface area contributed by atoms with E-state index in [1.54, 1.807) is 18.5 Å². The molecule has 3 aromatic heterocycles. The van der Waals surface area contributed by atoms with E-state index in [9.17, 15) is 0 Å². The van der Waals surface area contributed by atoms with Crippen molar-refractivity contribution >= 4 is 0 Å². The Morgan fingerprint density at radius 3 is 2.95 bits per heavy atom. The molecule has 96 valence electrons. The van der Waals surface area contributed by atoms with Crippen molar-refractivity contribution < 1.29 is 4.52 Å². The minimum Gasteiger partial charge on any atom is -0.333 e. The van der Waals surface area contributed by atoms with Crippen LogP contribution in [0.15, 0.2) is 35.2 Å². The highest BCUT2D eigenvalue weighted by molar-refractivity contribution is 5.56. The van der Waals surface area contributed by atoms with Crippen molar-refractivity contribution in [1.82, 2.24) is 24.7 Å². The van der Waals surface area contributed by atoms with Gasteiger partial charge in [-0.25, -0.2) is 4.98 Å². The first-order valence-corrected chi connectivity index (χ1v) is 5.74. The van der Waals surface area contributed by atoms with Gasteiger partial charge in [0.15, 0.2) is 5.82 Å². The van der Waals surface area contributed by atoms with Gasteiger partial charge in [-0.3, -0.25) is 4.98 Å². The van der Waals surface area contributed by atoms with Crippen LogP contribution in [0.25, 0.3) is 23.1 Å². The van der Waals surface area contributed by atoms with E-state index in [4.69, 9.17) is 10.3 Å². The van der Waals surface area contributed by atoms with E-state index in [-0.39, 0.29) is 0 Å². The predicted octanol–water partition coefficient (Wildman–Crippen LogP) is 0.991. The van der Waals surface area contributed by atoms with Crippen molar-refractivity contribution in [2.75, 3.05) is 0 Å². The number of imidazole rings is 1. The lowest BCUT2D eigenvalue weighted by molar-refractivity contribution is 0.431. The average molecular weight is 256 g/mol. The van der Waals surface area contributed by atoms with E-state index >= 15 is 0 Å². The number of aryl methyl sites for hydroxylation is 1. The third-order valence-corrected chi connectivity index (χ3v) is 2.72. The summed E-state index contributed by atoms with van der Waals surface area (Å²) in [6, 6.07) is 3.63. The van der Waals surface area contributed by atoms with E-state index in [0.29, 0.717) is 24.1 Å². The number of pyridine rings is 1. The van der Waals surface area contributed by atoms with Gasteiger partial charge in [-0.15, -0.1) is 0 Å². The molecule has 0 aliphatic heterocycles. The Morgan fingerprint density at radius 2 is 2.21 bits per heavy atom. The molecular formula is C12H12N6O. The minimum absolute atomic E-state index is 0.369. The summed E-state index contributed by atoms with van der Waals surface area (Å²) in [4.78, 5) is 12.6. The first-order chi connectivity index (χ1) is 9.28. The molecule has 0 saturated carbocycles. The number of aromatic nitrogens is 5. The van der Waals surface area contributed by atoms with Crippen LogP contribution < -0.4 is 5.73 Å². The van der Waals surface area contributed by atoms with Crippen LogP contribution in [0.2, 0.25) is 0 Å². The molecule has 19 heavy (non-hydrogen) atoms. The second kappa shape index (κ2) is 4.62. The van der Waals surface area contributed by atoms with Crippen LogP contribution in [0.1, 0.15) is 5.69 Å². The highest BCUT2D eigenvalue weighted by atomic mass is 16.5. The zero-order valence-electron chi connectivity index (χ0n) is 10.3. The Balaban J connectivity index is 1.99. The summed E-state index contributed by atoms with van der Waals surface area (Å²) in [6.07, 6.45) is 5.18. The molecule has 3 heterocycles. The van der Waals surface area contributed by atoms with Gasteiger partial charge in [0.25, 0.3) is 5.89 Å². The van der Waals surface area contributed by atoms with Crippen LogP contribution in [0.3, 0.4) is 0 Å². The molecule has 2 N–H and O–H groups in total. The molecule has 0 amide bonds. The molecule has 0 fully saturated rings. The van der Waals surface area contributed by atoms with Gasteiger partial charge < -0.3 is 14.8 Å². The molecule has 0 saturated heterocycles.